The van der Waals surface area contributed by atoms with E-state index in [2.05, 4.69) is 10.4 Å². The molecule has 1 saturated heterocycles. The van der Waals surface area contributed by atoms with E-state index in [0.717, 1.165) is 38.0 Å². The molecule has 1 aromatic heterocycles. The Labute approximate surface area is 90.3 Å². The molecule has 1 fully saturated rings. The number of aromatic nitrogens is 2. The van der Waals surface area contributed by atoms with Crippen molar-refractivity contribution in [2.75, 3.05) is 13.1 Å². The van der Waals surface area contributed by atoms with E-state index in [1.807, 2.05) is 24.9 Å². The van der Waals surface area contributed by atoms with Gasteiger partial charge in [-0.1, -0.05) is 0 Å². The van der Waals surface area contributed by atoms with Gasteiger partial charge in [-0.2, -0.15) is 5.10 Å². The summed E-state index contributed by atoms with van der Waals surface area (Å²) in [5, 5.41) is 17.9. The lowest BCUT2D eigenvalue weighted by molar-refractivity contribution is 0.0107. The highest BCUT2D eigenvalue weighted by molar-refractivity contribution is 5.18. The molecule has 0 unspecified atom stereocenters. The highest BCUT2D eigenvalue weighted by Gasteiger charge is 2.30. The highest BCUT2D eigenvalue weighted by Crippen LogP contribution is 2.24. The SMILES string of the molecule is Cc1nn(C)cc1CC1(O)CCNCC1. The average molecular weight is 209 g/mol. The Morgan fingerprint density at radius 1 is 1.53 bits per heavy atom. The molecule has 0 spiro atoms. The van der Waals surface area contributed by atoms with Crippen LogP contribution in [-0.2, 0) is 13.5 Å². The molecule has 1 aromatic rings. The van der Waals surface area contributed by atoms with Gasteiger partial charge in [-0.3, -0.25) is 4.68 Å². The van der Waals surface area contributed by atoms with Crippen LogP contribution >= 0.6 is 0 Å². The van der Waals surface area contributed by atoms with Crippen LogP contribution in [0.15, 0.2) is 6.20 Å². The van der Waals surface area contributed by atoms with Gasteiger partial charge in [0.1, 0.15) is 0 Å². The van der Waals surface area contributed by atoms with Crippen LogP contribution in [0.25, 0.3) is 0 Å². The lowest BCUT2D eigenvalue weighted by atomic mass is 9.86. The fraction of sp³-hybridized carbons (Fsp3) is 0.727. The van der Waals surface area contributed by atoms with Crippen LogP contribution in [0.1, 0.15) is 24.1 Å². The third-order valence-corrected chi connectivity index (χ3v) is 3.17. The molecule has 0 saturated carbocycles. The van der Waals surface area contributed by atoms with Crippen molar-refractivity contribution in [1.82, 2.24) is 15.1 Å². The molecule has 84 valence electrons. The van der Waals surface area contributed by atoms with Gasteiger partial charge in [-0.25, -0.2) is 0 Å². The summed E-state index contributed by atoms with van der Waals surface area (Å²) in [6, 6.07) is 0. The van der Waals surface area contributed by atoms with E-state index >= 15 is 0 Å². The number of aliphatic hydroxyl groups is 1. The maximum Gasteiger partial charge on any atom is 0.0713 e. The van der Waals surface area contributed by atoms with Crippen LogP contribution < -0.4 is 5.32 Å². The summed E-state index contributed by atoms with van der Waals surface area (Å²) in [5.74, 6) is 0. The summed E-state index contributed by atoms with van der Waals surface area (Å²) < 4.78 is 1.81. The minimum absolute atomic E-state index is 0.529. The van der Waals surface area contributed by atoms with Gasteiger partial charge < -0.3 is 10.4 Å². The van der Waals surface area contributed by atoms with Gasteiger partial charge in [0.2, 0.25) is 0 Å². The molecule has 0 radical (unpaired) electrons. The van der Waals surface area contributed by atoms with Crippen molar-refractivity contribution in [3.05, 3.63) is 17.5 Å². The van der Waals surface area contributed by atoms with Gasteiger partial charge in [0.25, 0.3) is 0 Å². The first-order chi connectivity index (χ1) is 7.09. The molecule has 4 heteroatoms. The minimum Gasteiger partial charge on any atom is -0.389 e. The van der Waals surface area contributed by atoms with Crippen LogP contribution in [0, 0.1) is 6.92 Å². The minimum atomic E-state index is -0.529. The predicted octanol–water partition coefficient (Wildman–Crippen LogP) is 0.386. The molecular weight excluding hydrogens is 190 g/mol. The zero-order valence-electron chi connectivity index (χ0n) is 9.45. The summed E-state index contributed by atoms with van der Waals surface area (Å²) in [5.41, 5.74) is 1.67. The van der Waals surface area contributed by atoms with Gasteiger partial charge >= 0.3 is 0 Å². The molecule has 4 nitrogen and oxygen atoms in total. The Morgan fingerprint density at radius 2 is 2.20 bits per heavy atom. The third kappa shape index (κ3) is 2.38. The van der Waals surface area contributed by atoms with E-state index in [1.165, 1.54) is 5.56 Å². The van der Waals surface area contributed by atoms with Crippen molar-refractivity contribution in [1.29, 1.82) is 0 Å². The van der Waals surface area contributed by atoms with E-state index in [9.17, 15) is 5.11 Å². The standard InChI is InChI=1S/C11H19N3O/c1-9-10(8-14(2)13-9)7-11(15)3-5-12-6-4-11/h8,12,15H,3-7H2,1-2H3. The Hall–Kier alpha value is -0.870. The number of piperidine rings is 1. The Kier molecular flexibility index (Phi) is 2.80. The Balaban J connectivity index is 2.09. The monoisotopic (exact) mass is 209 g/mol. The van der Waals surface area contributed by atoms with Gasteiger partial charge in [0.05, 0.1) is 11.3 Å². The van der Waals surface area contributed by atoms with Crippen molar-refractivity contribution >= 4 is 0 Å². The fourth-order valence-corrected chi connectivity index (χ4v) is 2.25. The maximum atomic E-state index is 10.4. The van der Waals surface area contributed by atoms with Crippen LogP contribution in [0.3, 0.4) is 0 Å². The van der Waals surface area contributed by atoms with E-state index in [-0.39, 0.29) is 0 Å². The molecule has 0 amide bonds. The second-order valence-electron chi connectivity index (χ2n) is 4.56. The number of aryl methyl sites for hydroxylation is 2. The molecule has 1 aliphatic heterocycles. The zero-order valence-corrected chi connectivity index (χ0v) is 9.45. The molecule has 0 bridgehead atoms. The van der Waals surface area contributed by atoms with Crippen molar-refractivity contribution in [3.63, 3.8) is 0 Å². The molecule has 2 rings (SSSR count). The number of hydrogen-bond acceptors (Lipinski definition) is 3. The van der Waals surface area contributed by atoms with Gasteiger partial charge in [-0.05, 0) is 38.4 Å². The molecule has 15 heavy (non-hydrogen) atoms. The highest BCUT2D eigenvalue weighted by atomic mass is 16.3. The molecule has 0 aromatic carbocycles. The summed E-state index contributed by atoms with van der Waals surface area (Å²) in [7, 11) is 1.92. The van der Waals surface area contributed by atoms with Gasteiger partial charge in [0, 0.05) is 19.7 Å². The summed E-state index contributed by atoms with van der Waals surface area (Å²) >= 11 is 0. The molecule has 2 N–H and O–H groups in total. The van der Waals surface area contributed by atoms with Crippen LogP contribution in [0.2, 0.25) is 0 Å². The van der Waals surface area contributed by atoms with Crippen LogP contribution in [0.5, 0.6) is 0 Å². The third-order valence-electron chi connectivity index (χ3n) is 3.17. The molecule has 0 aliphatic carbocycles. The van der Waals surface area contributed by atoms with E-state index in [4.69, 9.17) is 0 Å². The molecule has 0 atom stereocenters. The van der Waals surface area contributed by atoms with Crippen molar-refractivity contribution in [2.24, 2.45) is 7.05 Å². The second-order valence-corrected chi connectivity index (χ2v) is 4.56. The fourth-order valence-electron chi connectivity index (χ4n) is 2.25. The first kappa shape index (κ1) is 10.6. The Bertz CT molecular complexity index is 340. The van der Waals surface area contributed by atoms with Crippen LogP contribution in [-0.4, -0.2) is 33.6 Å². The molecular formula is C11H19N3O. The number of nitrogens with one attached hydrogen (secondary N) is 1. The van der Waals surface area contributed by atoms with Crippen molar-refractivity contribution in [2.45, 2.75) is 31.8 Å². The predicted molar refractivity (Wildman–Crippen MR) is 58.7 cm³/mol. The normalized spacial score (nSPS) is 20.5. The number of hydrogen-bond donors (Lipinski definition) is 2. The van der Waals surface area contributed by atoms with E-state index in [0.29, 0.717) is 0 Å². The van der Waals surface area contributed by atoms with Crippen LogP contribution in [0.4, 0.5) is 0 Å². The van der Waals surface area contributed by atoms with Crippen molar-refractivity contribution < 1.29 is 5.11 Å². The lowest BCUT2D eigenvalue weighted by Gasteiger charge is -2.32. The van der Waals surface area contributed by atoms with Gasteiger partial charge in [0.15, 0.2) is 0 Å². The van der Waals surface area contributed by atoms with Crippen molar-refractivity contribution in [3.8, 4) is 0 Å². The maximum absolute atomic E-state index is 10.4. The Morgan fingerprint density at radius 3 is 2.73 bits per heavy atom. The zero-order chi connectivity index (χ0) is 10.9. The topological polar surface area (TPSA) is 50.1 Å². The summed E-state index contributed by atoms with van der Waals surface area (Å²) in [6.07, 6.45) is 4.41. The summed E-state index contributed by atoms with van der Waals surface area (Å²) in [6.45, 7) is 3.82. The van der Waals surface area contributed by atoms with Gasteiger partial charge in [-0.15, -0.1) is 0 Å². The number of nitrogens with zero attached hydrogens (tertiary/aromatic N) is 2. The number of rotatable bonds is 2. The summed E-state index contributed by atoms with van der Waals surface area (Å²) in [4.78, 5) is 0. The lowest BCUT2D eigenvalue weighted by Crippen LogP contribution is -2.43. The average Bonchev–Trinajstić information content (AvgIpc) is 2.45. The molecule has 2 heterocycles. The smallest absolute Gasteiger partial charge is 0.0713 e. The quantitative estimate of drug-likeness (QED) is 0.740. The van der Waals surface area contributed by atoms with E-state index in [1.54, 1.807) is 0 Å². The first-order valence-corrected chi connectivity index (χ1v) is 5.51. The first-order valence-electron chi connectivity index (χ1n) is 5.51. The van der Waals surface area contributed by atoms with E-state index < -0.39 is 5.60 Å². The molecule has 1 aliphatic rings. The second kappa shape index (κ2) is 3.94. The largest absolute Gasteiger partial charge is 0.389 e.